The molecule has 0 N–H and O–H groups in total. The van der Waals surface area contributed by atoms with Crippen molar-refractivity contribution in [1.29, 1.82) is 0 Å². The van der Waals surface area contributed by atoms with Gasteiger partial charge in [0.2, 0.25) is 0 Å². The van der Waals surface area contributed by atoms with Crippen LogP contribution in [0.3, 0.4) is 0 Å². The van der Waals surface area contributed by atoms with Crippen molar-refractivity contribution in [3.05, 3.63) is 545 Å². The Labute approximate surface area is 872 Å². The molecular weight excluding hydrogens is 1810 g/mol. The summed E-state index contributed by atoms with van der Waals surface area (Å²) in [5.74, 6) is 0. The molecule has 0 radical (unpaired) electrons. The highest BCUT2D eigenvalue weighted by Gasteiger charge is 2.29. The number of rotatable bonds is 13. The lowest BCUT2D eigenvalue weighted by atomic mass is 9.85. The van der Waals surface area contributed by atoms with Crippen LogP contribution in [0.15, 0.2) is 534 Å². The SMILES string of the molecule is CC(C)(C)c1ccc(-c2cc(-c3ccc(C(C)(C)C)cc3)cc(-n3c4ccccc4c4ccc5c6ccccc6n(-c6ccccc6)c5c43)c2)cc1.c1ccc(-c2ccc(-c3cc(-c4ccc(-c5ccccc5)cc4)cc(-n4c5ccccc5c5ccc6c7ccccc7n(-c7ccccc7)c6c54)c3)cc2)cc1.c1ccc(-n2c3ccccc3c3ccc4c5ccccc5n(-c5ccc(-c6ccc7ccccc7c6)cc5)c4c32)cc1. The molecule has 6 heterocycles. The first kappa shape index (κ1) is 89.9. The van der Waals surface area contributed by atoms with E-state index < -0.39 is 0 Å². The van der Waals surface area contributed by atoms with Gasteiger partial charge in [0.25, 0.3) is 0 Å². The van der Waals surface area contributed by atoms with Crippen molar-refractivity contribution in [2.24, 2.45) is 0 Å². The summed E-state index contributed by atoms with van der Waals surface area (Å²) < 4.78 is 14.8. The Morgan fingerprint density at radius 2 is 0.313 bits per heavy atom. The van der Waals surface area contributed by atoms with Gasteiger partial charge in [-0.3, -0.25) is 0 Å². The second-order valence-electron chi connectivity index (χ2n) is 41.9. The van der Waals surface area contributed by atoms with Gasteiger partial charge < -0.3 is 27.4 Å². The van der Waals surface area contributed by atoms with Gasteiger partial charge in [0.05, 0.1) is 66.2 Å². The first-order valence-corrected chi connectivity index (χ1v) is 52.2. The van der Waals surface area contributed by atoms with E-state index >= 15 is 0 Å². The molecule has 0 fully saturated rings. The molecule has 0 saturated heterocycles. The van der Waals surface area contributed by atoms with Crippen molar-refractivity contribution in [2.45, 2.75) is 52.4 Å². The van der Waals surface area contributed by atoms with Crippen LogP contribution < -0.4 is 0 Å². The molecule has 0 saturated carbocycles. The predicted molar refractivity (Wildman–Crippen MR) is 638 cm³/mol. The molecule has 29 aromatic rings. The number of hydrogen-bond donors (Lipinski definition) is 0. The fraction of sp³-hybridized carbons (Fsp3) is 0.0556. The zero-order valence-corrected chi connectivity index (χ0v) is 84.5. The van der Waals surface area contributed by atoms with Crippen molar-refractivity contribution >= 4 is 142 Å². The summed E-state index contributed by atoms with van der Waals surface area (Å²) in [5, 5.41) is 17.5. The maximum absolute atomic E-state index is 2.52. The zero-order valence-electron chi connectivity index (χ0n) is 84.5. The van der Waals surface area contributed by atoms with Crippen molar-refractivity contribution in [2.75, 3.05) is 0 Å². The lowest BCUT2D eigenvalue weighted by Gasteiger charge is -2.20. The van der Waals surface area contributed by atoms with E-state index in [9.17, 15) is 0 Å². The quantitative estimate of drug-likeness (QED) is 0.110. The Morgan fingerprint density at radius 3 is 0.587 bits per heavy atom. The average Bonchev–Trinajstić information content (AvgIpc) is 1.55. The molecule has 6 heteroatoms. The number of aromatic nitrogens is 6. The maximum atomic E-state index is 2.52. The Bertz CT molecular complexity index is 10100. The van der Waals surface area contributed by atoms with Crippen LogP contribution in [-0.4, -0.2) is 27.4 Å². The fourth-order valence-corrected chi connectivity index (χ4v) is 23.5. The van der Waals surface area contributed by atoms with E-state index in [1.807, 2.05) is 0 Å². The molecule has 150 heavy (non-hydrogen) atoms. The maximum Gasteiger partial charge on any atom is 0.0788 e. The molecule has 0 aliphatic rings. The van der Waals surface area contributed by atoms with Gasteiger partial charge in [-0.25, -0.2) is 0 Å². The lowest BCUT2D eigenvalue weighted by Crippen LogP contribution is -2.10. The molecule has 0 aliphatic carbocycles. The minimum atomic E-state index is 0.0892. The molecule has 0 atom stereocenters. The van der Waals surface area contributed by atoms with E-state index in [2.05, 4.69) is 603 Å². The first-order valence-electron chi connectivity index (χ1n) is 52.2. The number of para-hydroxylation sites is 9. The van der Waals surface area contributed by atoms with E-state index in [1.54, 1.807) is 0 Å². The third-order valence-corrected chi connectivity index (χ3v) is 30.8. The highest BCUT2D eigenvalue weighted by atomic mass is 15.1. The van der Waals surface area contributed by atoms with Crippen LogP contribution >= 0.6 is 0 Å². The number of fused-ring (bicyclic) bond motifs is 22. The second-order valence-corrected chi connectivity index (χ2v) is 41.9. The van der Waals surface area contributed by atoms with Crippen LogP contribution in [-0.2, 0) is 10.8 Å². The third-order valence-electron chi connectivity index (χ3n) is 30.8. The summed E-state index contributed by atoms with van der Waals surface area (Å²) in [4.78, 5) is 0. The summed E-state index contributed by atoms with van der Waals surface area (Å²) >= 11 is 0. The minimum Gasteiger partial charge on any atom is -0.307 e. The van der Waals surface area contributed by atoms with Crippen LogP contribution in [0.5, 0.6) is 0 Å². The summed E-state index contributed by atoms with van der Waals surface area (Å²) in [7, 11) is 0. The molecular formula is C144H106N6. The fourth-order valence-electron chi connectivity index (χ4n) is 23.5. The topological polar surface area (TPSA) is 29.6 Å². The molecule has 0 unspecified atom stereocenters. The van der Waals surface area contributed by atoms with Crippen LogP contribution in [0.4, 0.5) is 0 Å². The third kappa shape index (κ3) is 15.6. The van der Waals surface area contributed by atoms with Crippen molar-refractivity contribution in [3.8, 4) is 112 Å². The van der Waals surface area contributed by atoms with Gasteiger partial charge in [-0.1, -0.05) is 448 Å². The molecule has 6 aromatic heterocycles. The molecule has 23 aromatic carbocycles. The number of hydrogen-bond acceptors (Lipinski definition) is 0. The Kier molecular flexibility index (Phi) is 22.0. The van der Waals surface area contributed by atoms with Gasteiger partial charge >= 0.3 is 0 Å². The molecule has 0 bridgehead atoms. The van der Waals surface area contributed by atoms with Gasteiger partial charge in [0, 0.05) is 98.8 Å². The molecule has 6 nitrogen and oxygen atoms in total. The Morgan fingerprint density at radius 1 is 0.120 bits per heavy atom. The van der Waals surface area contributed by atoms with Crippen LogP contribution in [0.1, 0.15) is 52.7 Å². The smallest absolute Gasteiger partial charge is 0.0788 e. The van der Waals surface area contributed by atoms with Crippen LogP contribution in [0.2, 0.25) is 0 Å². The predicted octanol–water partition coefficient (Wildman–Crippen LogP) is 39.1. The summed E-state index contributed by atoms with van der Waals surface area (Å²) in [6, 6.07) is 195. The van der Waals surface area contributed by atoms with Gasteiger partial charge in [0.1, 0.15) is 0 Å². The monoisotopic (exact) mass is 1920 g/mol. The zero-order chi connectivity index (χ0) is 100. The van der Waals surface area contributed by atoms with Crippen molar-refractivity contribution in [1.82, 2.24) is 27.4 Å². The molecule has 0 aliphatic heterocycles. The summed E-state index contributed by atoms with van der Waals surface area (Å²) in [5.41, 5.74) is 41.1. The Hall–Kier alpha value is -18.9. The van der Waals surface area contributed by atoms with Crippen molar-refractivity contribution in [3.63, 3.8) is 0 Å². The van der Waals surface area contributed by atoms with E-state index in [-0.39, 0.29) is 10.8 Å². The molecule has 712 valence electrons. The van der Waals surface area contributed by atoms with Gasteiger partial charge in [-0.05, 0) is 238 Å². The van der Waals surface area contributed by atoms with E-state index in [0.29, 0.717) is 0 Å². The molecule has 0 spiro atoms. The molecule has 29 rings (SSSR count). The minimum absolute atomic E-state index is 0.0892. The normalized spacial score (nSPS) is 11.9. The van der Waals surface area contributed by atoms with E-state index in [1.165, 1.54) is 236 Å². The highest BCUT2D eigenvalue weighted by Crippen LogP contribution is 2.49. The molecule has 0 amide bonds. The standard InChI is InChI=1S/C54H36N2.C50H44N2.C40H26N2/c1-4-14-37(15-5-1)39-24-28-41(29-25-39)43-34-44(42-30-26-40(27-31-42)38-16-6-2-7-17-38)36-46(35-43)56-52-23-13-11-21-48(52)50-33-32-49-47-20-10-12-22-51(47)55(53(49)54(50)56)45-18-8-3-9-19-45;1-49(2,3)37-24-20-33(21-25-37)35-30-36(34-22-26-38(27-23-34)50(4,5)6)32-40(31-35)52-46-19-13-11-17-42(46)44-29-28-43-41-16-10-12-18-45(41)51(47(43)48(44)52)39-14-8-7-9-15-39;1-2-12-31(13-3-1)41-37-16-8-6-14-33(37)35-24-25-36-34-15-7-9-17-38(34)42(40(36)39(35)41)32-22-20-28(21-23-32)30-19-18-27-10-4-5-11-29(27)26-30/h1-36H;7-32H,1-6H3;1-26H. The van der Waals surface area contributed by atoms with Crippen LogP contribution in [0.25, 0.3) is 254 Å². The van der Waals surface area contributed by atoms with E-state index in [0.717, 1.165) is 28.4 Å². The summed E-state index contributed by atoms with van der Waals surface area (Å²) in [6.45, 7) is 13.7. The Balaban J connectivity index is 0.000000112. The van der Waals surface area contributed by atoms with E-state index in [4.69, 9.17) is 0 Å². The highest BCUT2D eigenvalue weighted by molar-refractivity contribution is 6.27. The lowest BCUT2D eigenvalue weighted by molar-refractivity contribution is 0.590. The van der Waals surface area contributed by atoms with Crippen LogP contribution in [0, 0.1) is 0 Å². The van der Waals surface area contributed by atoms with Gasteiger partial charge in [0.15, 0.2) is 0 Å². The van der Waals surface area contributed by atoms with Crippen molar-refractivity contribution < 1.29 is 0 Å². The number of nitrogens with zero attached hydrogens (tertiary/aromatic N) is 6. The van der Waals surface area contributed by atoms with Gasteiger partial charge in [-0.15, -0.1) is 0 Å². The second kappa shape index (κ2) is 36.7. The first-order chi connectivity index (χ1) is 73.7. The van der Waals surface area contributed by atoms with Gasteiger partial charge in [-0.2, -0.15) is 0 Å². The largest absolute Gasteiger partial charge is 0.307 e. The summed E-state index contributed by atoms with van der Waals surface area (Å²) in [6.07, 6.45) is 0. The number of benzene rings is 23. The average molecular weight is 1920 g/mol.